The van der Waals surface area contributed by atoms with Crippen molar-refractivity contribution in [3.8, 4) is 17.1 Å². The third kappa shape index (κ3) is 5.11. The summed E-state index contributed by atoms with van der Waals surface area (Å²) in [7, 11) is 1.25. The molecule has 15 heteroatoms. The summed E-state index contributed by atoms with van der Waals surface area (Å²) in [5.74, 6) is -1.98. The van der Waals surface area contributed by atoms with E-state index >= 15 is 0 Å². The van der Waals surface area contributed by atoms with Gasteiger partial charge in [0.15, 0.2) is 5.82 Å². The molecule has 2 fully saturated rings. The number of halogens is 5. The fourth-order valence-electron chi connectivity index (χ4n) is 5.29. The van der Waals surface area contributed by atoms with Gasteiger partial charge in [0.25, 0.3) is 5.91 Å². The number of nitrogen functional groups attached to an aromatic ring is 1. The van der Waals surface area contributed by atoms with Gasteiger partial charge < -0.3 is 20.7 Å². The molecule has 3 aromatic heterocycles. The number of rotatable bonds is 5. The minimum Gasteiger partial charge on any atom is -0.480 e. The van der Waals surface area contributed by atoms with Crippen molar-refractivity contribution in [2.24, 2.45) is 5.92 Å². The number of hydrogen-bond acceptors (Lipinski definition) is 7. The minimum absolute atomic E-state index is 0.0652. The zero-order valence-corrected chi connectivity index (χ0v) is 21.3. The Morgan fingerprint density at radius 1 is 1.10 bits per heavy atom. The molecule has 214 valence electrons. The first-order valence-electron chi connectivity index (χ1n) is 12.6. The van der Waals surface area contributed by atoms with Gasteiger partial charge in [-0.3, -0.25) is 9.59 Å². The Balaban J connectivity index is 1.40. The maximum absolute atomic E-state index is 14.9. The number of carbonyl (C=O) groups excluding carboxylic acids is 2. The van der Waals surface area contributed by atoms with Crippen LogP contribution >= 0.6 is 0 Å². The van der Waals surface area contributed by atoms with Gasteiger partial charge in [-0.15, -0.1) is 0 Å². The summed E-state index contributed by atoms with van der Waals surface area (Å²) in [6.45, 7) is -0.294. The fraction of sp³-hybridized carbons (Fsp3) is 0.480. The van der Waals surface area contributed by atoms with Crippen LogP contribution in [0.5, 0.6) is 5.88 Å². The Kier molecular flexibility index (Phi) is 7.23. The van der Waals surface area contributed by atoms with Crippen molar-refractivity contribution in [2.45, 2.75) is 50.2 Å². The van der Waals surface area contributed by atoms with E-state index in [1.54, 1.807) is 0 Å². The first kappa shape index (κ1) is 27.5. The maximum atomic E-state index is 14.9. The smallest absolute Gasteiger partial charge is 0.418 e. The van der Waals surface area contributed by atoms with Crippen LogP contribution in [0, 0.1) is 5.92 Å². The highest BCUT2D eigenvalue weighted by Gasteiger charge is 2.40. The Hall–Kier alpha value is -4.04. The van der Waals surface area contributed by atoms with Gasteiger partial charge in [0, 0.05) is 24.2 Å². The molecule has 3 N–H and O–H groups in total. The number of aromatic nitrogens is 4. The SMILES string of the molecule is COc1ncc(-c2cc(C(F)(F)F)c3c(N)ncnn23)cc1C(=O)N[C@@H]1CN(C(=O)C2CCC(F)CC2)C[C@@H]1F. The van der Waals surface area contributed by atoms with Gasteiger partial charge in [0.2, 0.25) is 11.8 Å². The molecule has 1 aliphatic carbocycles. The minimum atomic E-state index is -4.77. The highest BCUT2D eigenvalue weighted by atomic mass is 19.4. The molecule has 1 saturated carbocycles. The first-order valence-corrected chi connectivity index (χ1v) is 12.6. The average molecular weight is 568 g/mol. The van der Waals surface area contributed by atoms with E-state index in [1.165, 1.54) is 24.3 Å². The molecule has 40 heavy (non-hydrogen) atoms. The first-order chi connectivity index (χ1) is 19.0. The second-order valence-electron chi connectivity index (χ2n) is 9.92. The Morgan fingerprint density at radius 2 is 1.82 bits per heavy atom. The molecule has 0 aromatic carbocycles. The van der Waals surface area contributed by atoms with E-state index < -0.39 is 41.5 Å². The summed E-state index contributed by atoms with van der Waals surface area (Å²) in [5, 5.41) is 6.44. The van der Waals surface area contributed by atoms with E-state index in [9.17, 15) is 31.5 Å². The number of nitrogens with zero attached hydrogens (tertiary/aromatic N) is 5. The van der Waals surface area contributed by atoms with Crippen LogP contribution < -0.4 is 15.8 Å². The summed E-state index contributed by atoms with van der Waals surface area (Å²) in [6.07, 6.45) is -3.71. The number of likely N-dealkylation sites (tertiary alicyclic amines) is 1. The predicted octanol–water partition coefficient (Wildman–Crippen LogP) is 3.21. The van der Waals surface area contributed by atoms with Crippen LogP contribution in [0.2, 0.25) is 0 Å². The Labute approximate surface area is 224 Å². The molecule has 0 radical (unpaired) electrons. The number of nitrogens with one attached hydrogen (secondary N) is 1. The standard InChI is InChI=1S/C25H26F5N7O3/c1-40-23-15(22(38)35-18-10-36(9-17(18)27)24(39)12-2-4-14(26)5-3-12)6-13(8-32-23)19-7-16(25(28,29)30)20-21(31)33-11-34-37(19)20/h6-8,11-12,14,17-18H,2-5,9-10H2,1H3,(H,35,38)(H2,31,33,34)/t12?,14?,17-,18+/m0/s1. The molecular formula is C25H26F5N7O3. The van der Waals surface area contributed by atoms with Crippen LogP contribution in [0.1, 0.15) is 41.6 Å². The van der Waals surface area contributed by atoms with Gasteiger partial charge in [-0.1, -0.05) is 0 Å². The number of pyridine rings is 1. The van der Waals surface area contributed by atoms with Crippen molar-refractivity contribution in [1.82, 2.24) is 29.8 Å². The quantitative estimate of drug-likeness (QED) is 0.454. The monoisotopic (exact) mass is 567 g/mol. The molecule has 4 heterocycles. The topological polar surface area (TPSA) is 128 Å². The number of carbonyl (C=O) groups is 2. The second kappa shape index (κ2) is 10.5. The van der Waals surface area contributed by atoms with Gasteiger partial charge in [0.1, 0.15) is 29.8 Å². The van der Waals surface area contributed by atoms with Gasteiger partial charge in [-0.2, -0.15) is 18.3 Å². The van der Waals surface area contributed by atoms with E-state index in [1.807, 2.05) is 0 Å². The van der Waals surface area contributed by atoms with E-state index in [4.69, 9.17) is 10.5 Å². The molecule has 3 aromatic rings. The average Bonchev–Trinajstić information content (AvgIpc) is 3.50. The number of ether oxygens (including phenoxy) is 1. The number of anilines is 1. The third-order valence-corrected chi connectivity index (χ3v) is 7.36. The predicted molar refractivity (Wildman–Crippen MR) is 132 cm³/mol. The highest BCUT2D eigenvalue weighted by Crippen LogP contribution is 2.39. The van der Waals surface area contributed by atoms with Crippen LogP contribution in [0.3, 0.4) is 0 Å². The zero-order chi connectivity index (χ0) is 28.8. The van der Waals surface area contributed by atoms with Crippen LogP contribution in [0.15, 0.2) is 24.7 Å². The summed E-state index contributed by atoms with van der Waals surface area (Å²) in [6, 6.07) is 1.03. The van der Waals surface area contributed by atoms with E-state index in [2.05, 4.69) is 20.4 Å². The summed E-state index contributed by atoms with van der Waals surface area (Å²) < 4.78 is 75.7. The van der Waals surface area contributed by atoms with Crippen LogP contribution in [0.25, 0.3) is 16.8 Å². The fourth-order valence-corrected chi connectivity index (χ4v) is 5.29. The van der Waals surface area contributed by atoms with Crippen molar-refractivity contribution < 1.29 is 36.3 Å². The summed E-state index contributed by atoms with van der Waals surface area (Å²) >= 11 is 0. The van der Waals surface area contributed by atoms with Crippen molar-refractivity contribution in [3.05, 3.63) is 35.8 Å². The number of nitrogens with two attached hydrogens (primary N) is 1. The molecule has 2 aliphatic rings. The highest BCUT2D eigenvalue weighted by molar-refractivity contribution is 5.98. The molecule has 1 aliphatic heterocycles. The largest absolute Gasteiger partial charge is 0.480 e. The molecule has 10 nitrogen and oxygen atoms in total. The molecule has 2 atom stereocenters. The molecule has 1 saturated heterocycles. The maximum Gasteiger partial charge on any atom is 0.418 e. The van der Waals surface area contributed by atoms with Gasteiger partial charge in [-0.25, -0.2) is 23.3 Å². The van der Waals surface area contributed by atoms with Crippen molar-refractivity contribution in [3.63, 3.8) is 0 Å². The van der Waals surface area contributed by atoms with Crippen LogP contribution in [-0.4, -0.2) is 74.9 Å². The van der Waals surface area contributed by atoms with Gasteiger partial charge in [0.05, 0.1) is 31.0 Å². The van der Waals surface area contributed by atoms with Crippen molar-refractivity contribution in [1.29, 1.82) is 0 Å². The molecule has 0 spiro atoms. The number of amides is 2. The second-order valence-corrected chi connectivity index (χ2v) is 9.92. The Morgan fingerprint density at radius 3 is 2.50 bits per heavy atom. The lowest BCUT2D eigenvalue weighted by molar-refractivity contribution is -0.137. The van der Waals surface area contributed by atoms with Crippen LogP contribution in [0.4, 0.5) is 27.8 Å². The zero-order valence-electron chi connectivity index (χ0n) is 21.3. The summed E-state index contributed by atoms with van der Waals surface area (Å²) in [5.41, 5.74) is 4.03. The number of hydrogen-bond donors (Lipinski definition) is 2. The molecule has 2 amide bonds. The lowest BCUT2D eigenvalue weighted by Gasteiger charge is -2.27. The van der Waals surface area contributed by atoms with E-state index in [0.29, 0.717) is 12.8 Å². The molecule has 5 rings (SSSR count). The normalized spacial score (nSPS) is 23.4. The Bertz CT molecular complexity index is 1440. The number of alkyl halides is 5. The molecule has 0 bridgehead atoms. The lowest BCUT2D eigenvalue weighted by Crippen LogP contribution is -2.42. The molecular weight excluding hydrogens is 541 g/mol. The van der Waals surface area contributed by atoms with E-state index in [-0.39, 0.29) is 66.3 Å². The van der Waals surface area contributed by atoms with Gasteiger partial charge >= 0.3 is 6.18 Å². The van der Waals surface area contributed by atoms with Crippen molar-refractivity contribution in [2.75, 3.05) is 25.9 Å². The van der Waals surface area contributed by atoms with Crippen LogP contribution in [-0.2, 0) is 11.0 Å². The van der Waals surface area contributed by atoms with Crippen molar-refractivity contribution >= 4 is 23.1 Å². The van der Waals surface area contributed by atoms with E-state index in [0.717, 1.165) is 16.9 Å². The summed E-state index contributed by atoms with van der Waals surface area (Å²) in [4.78, 5) is 35.1. The lowest BCUT2D eigenvalue weighted by atomic mass is 9.87. The van der Waals surface area contributed by atoms with Gasteiger partial charge in [-0.05, 0) is 37.8 Å². The number of methoxy groups -OCH3 is 1. The number of fused-ring (bicyclic) bond motifs is 1. The molecule has 0 unspecified atom stereocenters. The third-order valence-electron chi connectivity index (χ3n) is 7.36.